The Bertz CT molecular complexity index is 1480. The Hall–Kier alpha value is -5.10. The van der Waals surface area contributed by atoms with Gasteiger partial charge >= 0.3 is 5.97 Å². The Labute approximate surface area is 219 Å². The van der Waals surface area contributed by atoms with Crippen LogP contribution in [0.5, 0.6) is 0 Å². The fourth-order valence-corrected chi connectivity index (χ4v) is 3.74. The first-order valence-electron chi connectivity index (χ1n) is 11.7. The smallest absolute Gasteiger partial charge is 0.356 e. The van der Waals surface area contributed by atoms with Crippen molar-refractivity contribution in [3.8, 4) is 17.2 Å². The molecule has 0 bridgehead atoms. The van der Waals surface area contributed by atoms with Gasteiger partial charge in [-0.3, -0.25) is 4.79 Å². The average molecular weight is 510 g/mol. The van der Waals surface area contributed by atoms with Crippen molar-refractivity contribution in [3.05, 3.63) is 113 Å². The van der Waals surface area contributed by atoms with E-state index in [0.29, 0.717) is 12.4 Å². The molecule has 0 unspecified atom stereocenters. The summed E-state index contributed by atoms with van der Waals surface area (Å²) >= 11 is 0. The van der Waals surface area contributed by atoms with Gasteiger partial charge in [0.15, 0.2) is 0 Å². The Morgan fingerprint density at radius 2 is 1.71 bits per heavy atom. The molecule has 9 heteroatoms. The molecule has 0 spiro atoms. The van der Waals surface area contributed by atoms with Crippen molar-refractivity contribution in [3.63, 3.8) is 0 Å². The first kappa shape index (κ1) is 26.0. The van der Waals surface area contributed by atoms with Gasteiger partial charge in [-0.15, -0.1) is 0 Å². The molecule has 2 aromatic heterocycles. The average Bonchev–Trinajstić information content (AvgIpc) is 2.96. The number of esters is 1. The number of nitriles is 1. The molecule has 0 saturated heterocycles. The van der Waals surface area contributed by atoms with E-state index in [2.05, 4.69) is 25.3 Å². The zero-order valence-corrected chi connectivity index (χ0v) is 20.7. The lowest BCUT2D eigenvalue weighted by Gasteiger charge is -2.16. The Kier molecular flexibility index (Phi) is 8.04. The van der Waals surface area contributed by atoms with Gasteiger partial charge < -0.3 is 15.4 Å². The molecule has 2 aromatic carbocycles. The monoisotopic (exact) mass is 509 g/mol. The van der Waals surface area contributed by atoms with Gasteiger partial charge in [-0.25, -0.2) is 19.2 Å². The minimum absolute atomic E-state index is 0.228. The maximum atomic E-state index is 13.2. The predicted molar refractivity (Wildman–Crippen MR) is 140 cm³/mol. The maximum absolute atomic E-state index is 13.2. The molecule has 190 valence electrons. The van der Waals surface area contributed by atoms with Gasteiger partial charge in [-0.2, -0.15) is 5.26 Å². The SMILES string of the molecule is COC(=O)c1ccc(-c2ccc(CNc3ncc(C#N)cc3C(=O)N[C@@H](C)c3ccc(F)cc3)cc2)cn1. The number of ether oxygens (including phenoxy) is 1. The molecule has 0 aliphatic rings. The third kappa shape index (κ3) is 6.17. The van der Waals surface area contributed by atoms with Crippen LogP contribution in [0, 0.1) is 17.1 Å². The van der Waals surface area contributed by atoms with Gasteiger partial charge in [-0.05, 0) is 47.9 Å². The summed E-state index contributed by atoms with van der Waals surface area (Å²) in [6, 6.07) is 20.1. The topological polar surface area (TPSA) is 117 Å². The van der Waals surface area contributed by atoms with E-state index in [4.69, 9.17) is 0 Å². The molecule has 38 heavy (non-hydrogen) atoms. The second-order valence-electron chi connectivity index (χ2n) is 8.45. The zero-order valence-electron chi connectivity index (χ0n) is 20.7. The highest BCUT2D eigenvalue weighted by atomic mass is 19.1. The van der Waals surface area contributed by atoms with E-state index in [-0.39, 0.29) is 28.7 Å². The fraction of sp³-hybridized carbons (Fsp3) is 0.138. The highest BCUT2D eigenvalue weighted by Crippen LogP contribution is 2.21. The summed E-state index contributed by atoms with van der Waals surface area (Å²) in [5, 5.41) is 15.3. The van der Waals surface area contributed by atoms with Crippen LogP contribution < -0.4 is 10.6 Å². The van der Waals surface area contributed by atoms with Gasteiger partial charge in [0.2, 0.25) is 0 Å². The standard InChI is InChI=1S/C29H24FN5O3/c1-18(21-7-10-24(30)11-8-21)35-28(36)25-13-20(14-31)16-34-27(25)33-15-19-3-5-22(6-4-19)23-9-12-26(32-17-23)29(37)38-2/h3-13,16-18H,15H2,1-2H3,(H,33,34)(H,35,36)/t18-/m0/s1. The van der Waals surface area contributed by atoms with E-state index >= 15 is 0 Å². The molecule has 0 radical (unpaired) electrons. The van der Waals surface area contributed by atoms with Crippen molar-refractivity contribution in [1.82, 2.24) is 15.3 Å². The number of halogens is 1. The van der Waals surface area contributed by atoms with Gasteiger partial charge in [-0.1, -0.05) is 42.5 Å². The summed E-state index contributed by atoms with van der Waals surface area (Å²) in [5.74, 6) is -0.926. The molecule has 8 nitrogen and oxygen atoms in total. The molecule has 0 saturated carbocycles. The number of amides is 1. The number of carbonyl (C=O) groups excluding carboxylic acids is 2. The van der Waals surface area contributed by atoms with Crippen LogP contribution in [0.2, 0.25) is 0 Å². The number of hydrogen-bond donors (Lipinski definition) is 2. The molecule has 2 N–H and O–H groups in total. The Morgan fingerprint density at radius 1 is 1.00 bits per heavy atom. The second kappa shape index (κ2) is 11.8. The number of anilines is 1. The minimum atomic E-state index is -0.493. The third-order valence-electron chi connectivity index (χ3n) is 5.88. The number of nitrogens with one attached hydrogen (secondary N) is 2. The van der Waals surface area contributed by atoms with Gasteiger partial charge in [0, 0.05) is 24.5 Å². The number of carbonyl (C=O) groups is 2. The summed E-state index contributed by atoms with van der Waals surface area (Å²) in [6.07, 6.45) is 3.01. The molecule has 0 aliphatic carbocycles. The van der Waals surface area contributed by atoms with Crippen molar-refractivity contribution in [2.45, 2.75) is 19.5 Å². The normalized spacial score (nSPS) is 11.2. The van der Waals surface area contributed by atoms with Crippen LogP contribution >= 0.6 is 0 Å². The number of pyridine rings is 2. The molecule has 0 aliphatic heterocycles. The summed E-state index contributed by atoms with van der Waals surface area (Å²) in [7, 11) is 1.31. The molecule has 1 atom stereocenters. The molecule has 0 fully saturated rings. The van der Waals surface area contributed by atoms with Crippen molar-refractivity contribution >= 4 is 17.7 Å². The Morgan fingerprint density at radius 3 is 2.34 bits per heavy atom. The number of nitrogens with zero attached hydrogens (tertiary/aromatic N) is 3. The van der Waals surface area contributed by atoms with Crippen LogP contribution in [0.1, 0.15) is 50.5 Å². The van der Waals surface area contributed by atoms with Crippen LogP contribution in [-0.2, 0) is 11.3 Å². The first-order valence-corrected chi connectivity index (χ1v) is 11.7. The van der Waals surface area contributed by atoms with E-state index in [1.54, 1.807) is 37.4 Å². The number of methoxy groups -OCH3 is 1. The largest absolute Gasteiger partial charge is 0.464 e. The summed E-state index contributed by atoms with van der Waals surface area (Å²) in [6.45, 7) is 2.17. The van der Waals surface area contributed by atoms with Gasteiger partial charge in [0.05, 0.1) is 24.3 Å². The first-order chi connectivity index (χ1) is 18.4. The lowest BCUT2D eigenvalue weighted by Crippen LogP contribution is -2.28. The molecular weight excluding hydrogens is 485 g/mol. The predicted octanol–water partition coefficient (Wildman–Crippen LogP) is 5.04. The molecule has 4 aromatic rings. The Balaban J connectivity index is 1.45. The van der Waals surface area contributed by atoms with Gasteiger partial charge in [0.25, 0.3) is 5.91 Å². The lowest BCUT2D eigenvalue weighted by molar-refractivity contribution is 0.0594. The van der Waals surface area contributed by atoms with Crippen molar-refractivity contribution in [2.75, 3.05) is 12.4 Å². The van der Waals surface area contributed by atoms with Crippen LogP contribution in [0.3, 0.4) is 0 Å². The summed E-state index contributed by atoms with van der Waals surface area (Å²) in [4.78, 5) is 33.1. The number of hydrogen-bond acceptors (Lipinski definition) is 7. The van der Waals surface area contributed by atoms with Crippen LogP contribution in [0.25, 0.3) is 11.1 Å². The highest BCUT2D eigenvalue weighted by Gasteiger charge is 2.17. The van der Waals surface area contributed by atoms with E-state index in [9.17, 15) is 19.2 Å². The van der Waals surface area contributed by atoms with Crippen LogP contribution in [0.4, 0.5) is 10.2 Å². The maximum Gasteiger partial charge on any atom is 0.356 e. The van der Waals surface area contributed by atoms with E-state index < -0.39 is 11.9 Å². The number of aromatic nitrogens is 2. The zero-order chi connectivity index (χ0) is 27.1. The number of benzene rings is 2. The van der Waals surface area contributed by atoms with E-state index in [1.807, 2.05) is 30.3 Å². The summed E-state index contributed by atoms with van der Waals surface area (Å²) in [5.41, 5.74) is 4.17. The molecule has 2 heterocycles. The molecule has 4 rings (SSSR count). The van der Waals surface area contributed by atoms with Crippen LogP contribution in [0.15, 0.2) is 79.1 Å². The van der Waals surface area contributed by atoms with Crippen molar-refractivity contribution in [1.29, 1.82) is 5.26 Å². The minimum Gasteiger partial charge on any atom is -0.464 e. The molecule has 1 amide bonds. The van der Waals surface area contributed by atoms with E-state index in [1.165, 1.54) is 31.5 Å². The van der Waals surface area contributed by atoms with Crippen molar-refractivity contribution < 1.29 is 18.7 Å². The number of rotatable bonds is 8. The van der Waals surface area contributed by atoms with Crippen LogP contribution in [-0.4, -0.2) is 29.0 Å². The summed E-state index contributed by atoms with van der Waals surface area (Å²) < 4.78 is 17.9. The lowest BCUT2D eigenvalue weighted by atomic mass is 10.1. The second-order valence-corrected chi connectivity index (χ2v) is 8.45. The van der Waals surface area contributed by atoms with Crippen molar-refractivity contribution in [2.24, 2.45) is 0 Å². The van der Waals surface area contributed by atoms with Gasteiger partial charge in [0.1, 0.15) is 23.4 Å². The van der Waals surface area contributed by atoms with E-state index in [0.717, 1.165) is 22.3 Å². The fourth-order valence-electron chi connectivity index (χ4n) is 3.74. The highest BCUT2D eigenvalue weighted by molar-refractivity contribution is 5.99. The third-order valence-corrected chi connectivity index (χ3v) is 5.88. The quantitative estimate of drug-likeness (QED) is 0.320. The molecular formula is C29H24FN5O3.